The molecule has 1 saturated carbocycles. The highest BCUT2D eigenvalue weighted by Crippen LogP contribution is 2.36. The summed E-state index contributed by atoms with van der Waals surface area (Å²) in [6.45, 7) is 1.77. The Morgan fingerprint density at radius 2 is 2.10 bits per heavy atom. The molecule has 2 N–H and O–H groups in total. The summed E-state index contributed by atoms with van der Waals surface area (Å²) >= 11 is 1.14. The first kappa shape index (κ1) is 19.5. The van der Waals surface area contributed by atoms with Crippen LogP contribution in [-0.4, -0.2) is 45.3 Å². The van der Waals surface area contributed by atoms with Crippen molar-refractivity contribution < 1.29 is 19.4 Å². The number of carboxylic acids is 1. The van der Waals surface area contributed by atoms with Gasteiger partial charge in [0.25, 0.3) is 0 Å². The van der Waals surface area contributed by atoms with Gasteiger partial charge in [-0.25, -0.2) is 19.7 Å². The van der Waals surface area contributed by atoms with Crippen molar-refractivity contribution >= 4 is 39.0 Å². The molecule has 3 aromatic rings. The van der Waals surface area contributed by atoms with Crippen molar-refractivity contribution in [1.82, 2.24) is 15.0 Å². The van der Waals surface area contributed by atoms with Gasteiger partial charge in [0.2, 0.25) is 5.88 Å². The minimum atomic E-state index is -0.966. The van der Waals surface area contributed by atoms with Crippen molar-refractivity contribution in [1.29, 1.82) is 0 Å². The third-order valence-electron chi connectivity index (χ3n) is 5.13. The summed E-state index contributed by atoms with van der Waals surface area (Å²) in [5.41, 5.74) is 1.32. The Labute approximate surface area is 171 Å². The van der Waals surface area contributed by atoms with Gasteiger partial charge < -0.3 is 19.9 Å². The maximum Gasteiger partial charge on any atom is 0.346 e. The molecule has 0 bridgehead atoms. The summed E-state index contributed by atoms with van der Waals surface area (Å²) in [7, 11) is 1.73. The molecule has 9 heteroatoms. The fourth-order valence-corrected chi connectivity index (χ4v) is 4.65. The molecule has 0 aliphatic heterocycles. The Hall–Kier alpha value is -2.78. The number of nitrogens with one attached hydrogen (secondary N) is 1. The minimum Gasteiger partial charge on any atom is -0.477 e. The third-order valence-corrected chi connectivity index (χ3v) is 6.32. The van der Waals surface area contributed by atoms with Gasteiger partial charge in [0.15, 0.2) is 0 Å². The number of thiophene rings is 1. The number of fused-ring (bicyclic) bond motifs is 1. The van der Waals surface area contributed by atoms with Gasteiger partial charge in [0, 0.05) is 19.7 Å². The lowest BCUT2D eigenvalue weighted by Crippen LogP contribution is -2.29. The number of methoxy groups -OCH3 is 1. The van der Waals surface area contributed by atoms with Crippen LogP contribution in [0.3, 0.4) is 0 Å². The van der Waals surface area contributed by atoms with Crippen LogP contribution in [0.25, 0.3) is 10.2 Å². The zero-order valence-electron chi connectivity index (χ0n) is 16.2. The molecule has 1 aliphatic carbocycles. The SMILES string of the molecule is COC1CCCC(Oc2ncccc2Nc2ncnc3sc(C(=O)O)c(C)c23)C1. The monoisotopic (exact) mass is 414 g/mol. The molecule has 3 heterocycles. The first-order valence-corrected chi connectivity index (χ1v) is 10.3. The van der Waals surface area contributed by atoms with Gasteiger partial charge in [-0.1, -0.05) is 0 Å². The second-order valence-corrected chi connectivity index (χ2v) is 8.01. The van der Waals surface area contributed by atoms with Crippen molar-refractivity contribution in [3.63, 3.8) is 0 Å². The molecule has 1 aliphatic rings. The normalized spacial score (nSPS) is 19.2. The van der Waals surface area contributed by atoms with Gasteiger partial charge in [-0.2, -0.15) is 0 Å². The van der Waals surface area contributed by atoms with Crippen LogP contribution >= 0.6 is 11.3 Å². The predicted octanol–water partition coefficient (Wildman–Crippen LogP) is 4.17. The molecule has 0 spiro atoms. The summed E-state index contributed by atoms with van der Waals surface area (Å²) in [6.07, 6.45) is 7.24. The summed E-state index contributed by atoms with van der Waals surface area (Å²) in [6, 6.07) is 3.68. The van der Waals surface area contributed by atoms with E-state index in [9.17, 15) is 9.90 Å². The molecule has 0 saturated heterocycles. The Bertz CT molecular complexity index is 1040. The molecule has 2 atom stereocenters. The topological polar surface area (TPSA) is 106 Å². The number of rotatable bonds is 6. The molecule has 1 fully saturated rings. The van der Waals surface area contributed by atoms with Gasteiger partial charge in [-0.05, 0) is 43.9 Å². The maximum absolute atomic E-state index is 11.5. The third kappa shape index (κ3) is 4.01. The lowest BCUT2D eigenvalue weighted by atomic mass is 9.95. The van der Waals surface area contributed by atoms with Crippen LogP contribution in [0.1, 0.15) is 40.9 Å². The number of aromatic carboxylic acids is 1. The number of aromatic nitrogens is 3. The van der Waals surface area contributed by atoms with Crippen molar-refractivity contribution in [2.75, 3.05) is 12.4 Å². The van der Waals surface area contributed by atoms with Crippen LogP contribution in [-0.2, 0) is 4.74 Å². The number of anilines is 2. The fraction of sp³-hybridized carbons (Fsp3) is 0.400. The van der Waals surface area contributed by atoms with E-state index >= 15 is 0 Å². The molecule has 29 heavy (non-hydrogen) atoms. The summed E-state index contributed by atoms with van der Waals surface area (Å²) in [5, 5.41) is 13.4. The van der Waals surface area contributed by atoms with Crippen molar-refractivity contribution in [3.05, 3.63) is 35.1 Å². The van der Waals surface area contributed by atoms with E-state index in [0.717, 1.165) is 37.0 Å². The second kappa shape index (κ2) is 8.30. The maximum atomic E-state index is 11.5. The van der Waals surface area contributed by atoms with E-state index in [1.54, 1.807) is 20.2 Å². The molecular formula is C20H22N4O4S. The van der Waals surface area contributed by atoms with Gasteiger partial charge in [-0.3, -0.25) is 0 Å². The van der Waals surface area contributed by atoms with Gasteiger partial charge in [-0.15, -0.1) is 11.3 Å². The van der Waals surface area contributed by atoms with E-state index in [1.807, 2.05) is 12.1 Å². The zero-order chi connectivity index (χ0) is 20.4. The first-order valence-electron chi connectivity index (χ1n) is 9.45. The Morgan fingerprint density at radius 1 is 1.28 bits per heavy atom. The van der Waals surface area contributed by atoms with Crippen molar-refractivity contribution in [2.24, 2.45) is 0 Å². The number of nitrogens with zero attached hydrogens (tertiary/aromatic N) is 3. The molecule has 2 unspecified atom stereocenters. The van der Waals surface area contributed by atoms with Crippen LogP contribution in [0.4, 0.5) is 11.5 Å². The van der Waals surface area contributed by atoms with Crippen LogP contribution in [0.2, 0.25) is 0 Å². The van der Waals surface area contributed by atoms with Crippen molar-refractivity contribution in [3.8, 4) is 5.88 Å². The average Bonchev–Trinajstić information content (AvgIpc) is 3.07. The minimum absolute atomic E-state index is 0.0380. The van der Waals surface area contributed by atoms with Crippen molar-refractivity contribution in [2.45, 2.75) is 44.8 Å². The molecule has 0 amide bonds. The summed E-state index contributed by atoms with van der Waals surface area (Å²) in [5.74, 6) is 0.0618. The first-order chi connectivity index (χ1) is 14.1. The highest BCUT2D eigenvalue weighted by Gasteiger charge is 2.25. The lowest BCUT2D eigenvalue weighted by molar-refractivity contribution is 0.0197. The molecular weight excluding hydrogens is 392 g/mol. The van der Waals surface area contributed by atoms with Gasteiger partial charge >= 0.3 is 5.97 Å². The van der Waals surface area contributed by atoms with Crippen LogP contribution < -0.4 is 10.1 Å². The van der Waals surface area contributed by atoms with E-state index in [2.05, 4.69) is 20.3 Å². The Morgan fingerprint density at radius 3 is 2.90 bits per heavy atom. The number of hydrogen-bond acceptors (Lipinski definition) is 8. The largest absolute Gasteiger partial charge is 0.477 e. The zero-order valence-corrected chi connectivity index (χ0v) is 17.0. The molecule has 3 aromatic heterocycles. The predicted molar refractivity (Wildman–Crippen MR) is 110 cm³/mol. The fourth-order valence-electron chi connectivity index (χ4n) is 3.66. The van der Waals surface area contributed by atoms with E-state index < -0.39 is 5.97 Å². The molecule has 4 rings (SSSR count). The molecule has 0 aromatic carbocycles. The smallest absolute Gasteiger partial charge is 0.346 e. The Kier molecular flexibility index (Phi) is 5.59. The second-order valence-electron chi connectivity index (χ2n) is 7.01. The number of carboxylic acid groups (broad SMARTS) is 1. The highest BCUT2D eigenvalue weighted by molar-refractivity contribution is 7.20. The van der Waals surface area contributed by atoms with Crippen LogP contribution in [0.15, 0.2) is 24.7 Å². The summed E-state index contributed by atoms with van der Waals surface area (Å²) in [4.78, 5) is 25.3. The number of aryl methyl sites for hydroxylation is 1. The lowest BCUT2D eigenvalue weighted by Gasteiger charge is -2.28. The average molecular weight is 414 g/mol. The summed E-state index contributed by atoms with van der Waals surface area (Å²) < 4.78 is 11.7. The van der Waals surface area contributed by atoms with Crippen LogP contribution in [0, 0.1) is 6.92 Å². The van der Waals surface area contributed by atoms with E-state index in [0.29, 0.717) is 33.2 Å². The molecule has 8 nitrogen and oxygen atoms in total. The molecule has 0 radical (unpaired) electrons. The van der Waals surface area contributed by atoms with E-state index in [4.69, 9.17) is 9.47 Å². The number of hydrogen-bond donors (Lipinski definition) is 2. The number of ether oxygens (including phenoxy) is 2. The van der Waals surface area contributed by atoms with E-state index in [-0.39, 0.29) is 17.1 Å². The van der Waals surface area contributed by atoms with E-state index in [1.165, 1.54) is 6.33 Å². The number of carbonyl (C=O) groups is 1. The van der Waals surface area contributed by atoms with Crippen LogP contribution in [0.5, 0.6) is 5.88 Å². The molecule has 152 valence electrons. The van der Waals surface area contributed by atoms with Gasteiger partial charge in [0.05, 0.1) is 11.5 Å². The standard InChI is InChI=1S/C20H22N4O4S/c1-11-15-17(22-10-23-19(15)29-16(11)20(25)26)24-14-7-4-8-21-18(14)28-13-6-3-5-12(9-13)27-2/h4,7-8,10,12-13H,3,5-6,9H2,1-2H3,(H,25,26)(H,22,23,24). The highest BCUT2D eigenvalue weighted by atomic mass is 32.1. The quantitative estimate of drug-likeness (QED) is 0.619. The Balaban J connectivity index is 1.63. The number of pyridine rings is 1. The van der Waals surface area contributed by atoms with Gasteiger partial charge in [0.1, 0.15) is 33.6 Å².